The highest BCUT2D eigenvalue weighted by molar-refractivity contribution is 5.94. The molecular weight excluding hydrogens is 184 g/mol. The average molecular weight is 196 g/mol. The monoisotopic (exact) mass is 196 g/mol. The second kappa shape index (κ2) is 4.08. The summed E-state index contributed by atoms with van der Waals surface area (Å²) in [7, 11) is 0. The zero-order valence-corrected chi connectivity index (χ0v) is 7.76. The van der Waals surface area contributed by atoms with Gasteiger partial charge in [-0.1, -0.05) is 10.3 Å². The molecule has 1 saturated heterocycles. The van der Waals surface area contributed by atoms with E-state index in [2.05, 4.69) is 19.8 Å². The third-order valence-electron chi connectivity index (χ3n) is 2.31. The predicted octanol–water partition coefficient (Wildman–Crippen LogP) is 0.691. The zero-order valence-electron chi connectivity index (χ0n) is 7.76. The van der Waals surface area contributed by atoms with Gasteiger partial charge in [0.1, 0.15) is 0 Å². The fourth-order valence-electron chi connectivity index (χ4n) is 1.62. The Morgan fingerprint density at radius 1 is 1.43 bits per heavy atom. The molecule has 0 radical (unpaired) electrons. The number of piperidine rings is 1. The van der Waals surface area contributed by atoms with E-state index in [0.29, 0.717) is 11.7 Å². The summed E-state index contributed by atoms with van der Waals surface area (Å²) in [5.41, 5.74) is 0. The molecule has 0 spiro atoms. The summed E-state index contributed by atoms with van der Waals surface area (Å²) in [6.45, 7) is 1.77. The summed E-state index contributed by atoms with van der Waals surface area (Å²) in [6, 6.07) is 0. The SMILES string of the molecule is O/N=C(\c1ncon1)N1CCCCC1. The fraction of sp³-hybridized carbons (Fsp3) is 0.625. The minimum atomic E-state index is 0.342. The van der Waals surface area contributed by atoms with Crippen molar-refractivity contribution in [3.8, 4) is 0 Å². The van der Waals surface area contributed by atoms with Gasteiger partial charge in [0.25, 0.3) is 0 Å². The van der Waals surface area contributed by atoms with Crippen LogP contribution in [-0.4, -0.2) is 39.2 Å². The van der Waals surface area contributed by atoms with Gasteiger partial charge >= 0.3 is 0 Å². The molecule has 1 N–H and O–H groups in total. The van der Waals surface area contributed by atoms with E-state index in [0.717, 1.165) is 25.9 Å². The number of hydrogen-bond donors (Lipinski definition) is 1. The summed E-state index contributed by atoms with van der Waals surface area (Å²) in [4.78, 5) is 5.82. The molecule has 0 unspecified atom stereocenters. The lowest BCUT2D eigenvalue weighted by atomic mass is 10.1. The minimum Gasteiger partial charge on any atom is -0.409 e. The molecule has 1 aliphatic rings. The van der Waals surface area contributed by atoms with Crippen molar-refractivity contribution < 1.29 is 9.73 Å². The van der Waals surface area contributed by atoms with E-state index >= 15 is 0 Å². The summed E-state index contributed by atoms with van der Waals surface area (Å²) in [5.74, 6) is 0.743. The van der Waals surface area contributed by atoms with Crippen molar-refractivity contribution in [1.29, 1.82) is 0 Å². The molecule has 1 aromatic rings. The molecule has 14 heavy (non-hydrogen) atoms. The number of amidine groups is 1. The molecule has 0 aliphatic carbocycles. The Balaban J connectivity index is 2.13. The first-order chi connectivity index (χ1) is 6.92. The van der Waals surface area contributed by atoms with Crippen molar-refractivity contribution in [2.45, 2.75) is 19.3 Å². The van der Waals surface area contributed by atoms with Gasteiger partial charge in [-0.25, -0.2) is 0 Å². The Bertz CT molecular complexity index is 303. The first-order valence-electron chi connectivity index (χ1n) is 4.65. The molecule has 1 aromatic heterocycles. The van der Waals surface area contributed by atoms with E-state index in [1.165, 1.54) is 12.8 Å². The van der Waals surface area contributed by atoms with Crippen LogP contribution in [0.1, 0.15) is 25.1 Å². The summed E-state index contributed by atoms with van der Waals surface area (Å²) >= 11 is 0. The Morgan fingerprint density at radius 3 is 2.79 bits per heavy atom. The van der Waals surface area contributed by atoms with Crippen LogP contribution in [0.15, 0.2) is 16.1 Å². The summed E-state index contributed by atoms with van der Waals surface area (Å²) in [6.07, 6.45) is 4.67. The van der Waals surface area contributed by atoms with E-state index < -0.39 is 0 Å². The van der Waals surface area contributed by atoms with Gasteiger partial charge in [0.05, 0.1) is 0 Å². The molecule has 76 valence electrons. The maximum Gasteiger partial charge on any atom is 0.241 e. The molecule has 0 aromatic carbocycles. The molecule has 2 heterocycles. The lowest BCUT2D eigenvalue weighted by molar-refractivity contribution is 0.284. The Morgan fingerprint density at radius 2 is 2.21 bits per heavy atom. The van der Waals surface area contributed by atoms with Gasteiger partial charge in [-0.05, 0) is 19.3 Å². The standard InChI is InChI=1S/C8H12N4O2/c13-10-8(7-9-6-14-11-7)12-4-2-1-3-5-12/h6,13H,1-5H2/b10-8+. The molecule has 6 heteroatoms. The predicted molar refractivity (Wildman–Crippen MR) is 48.0 cm³/mol. The lowest BCUT2D eigenvalue weighted by Gasteiger charge is -2.27. The van der Waals surface area contributed by atoms with Crippen molar-refractivity contribution in [3.05, 3.63) is 12.2 Å². The smallest absolute Gasteiger partial charge is 0.241 e. The van der Waals surface area contributed by atoms with Gasteiger partial charge in [-0.2, -0.15) is 4.98 Å². The van der Waals surface area contributed by atoms with Crippen molar-refractivity contribution in [2.24, 2.45) is 5.16 Å². The van der Waals surface area contributed by atoms with E-state index in [-0.39, 0.29) is 0 Å². The van der Waals surface area contributed by atoms with Crippen molar-refractivity contribution in [3.63, 3.8) is 0 Å². The van der Waals surface area contributed by atoms with Gasteiger partial charge < -0.3 is 14.6 Å². The van der Waals surface area contributed by atoms with Crippen LogP contribution in [-0.2, 0) is 0 Å². The normalized spacial score (nSPS) is 18.6. The van der Waals surface area contributed by atoms with Crippen LogP contribution >= 0.6 is 0 Å². The third kappa shape index (κ3) is 1.68. The van der Waals surface area contributed by atoms with E-state index in [1.54, 1.807) is 0 Å². The van der Waals surface area contributed by atoms with Crippen molar-refractivity contribution >= 4 is 5.84 Å². The molecule has 1 aliphatic heterocycles. The fourth-order valence-corrected chi connectivity index (χ4v) is 1.62. The Labute approximate surface area is 81.2 Å². The number of rotatable bonds is 1. The molecule has 0 atom stereocenters. The highest BCUT2D eigenvalue weighted by Gasteiger charge is 2.20. The molecule has 0 bridgehead atoms. The second-order valence-electron chi connectivity index (χ2n) is 3.23. The second-order valence-corrected chi connectivity index (χ2v) is 3.23. The number of likely N-dealkylation sites (tertiary alicyclic amines) is 1. The Kier molecular flexibility index (Phi) is 2.62. The van der Waals surface area contributed by atoms with Gasteiger partial charge in [0.2, 0.25) is 18.1 Å². The highest BCUT2D eigenvalue weighted by Crippen LogP contribution is 2.11. The summed E-state index contributed by atoms with van der Waals surface area (Å²) in [5, 5.41) is 15.7. The van der Waals surface area contributed by atoms with Crippen molar-refractivity contribution in [1.82, 2.24) is 15.0 Å². The van der Waals surface area contributed by atoms with Gasteiger partial charge in [0, 0.05) is 13.1 Å². The summed E-state index contributed by atoms with van der Waals surface area (Å²) < 4.78 is 4.61. The highest BCUT2D eigenvalue weighted by atomic mass is 16.5. The van der Waals surface area contributed by atoms with Crippen LogP contribution in [0.5, 0.6) is 0 Å². The van der Waals surface area contributed by atoms with Crippen LogP contribution in [0, 0.1) is 0 Å². The van der Waals surface area contributed by atoms with Crippen LogP contribution in [0.4, 0.5) is 0 Å². The van der Waals surface area contributed by atoms with Crippen LogP contribution < -0.4 is 0 Å². The lowest BCUT2D eigenvalue weighted by Crippen LogP contribution is -2.36. The minimum absolute atomic E-state index is 0.342. The topological polar surface area (TPSA) is 74.8 Å². The van der Waals surface area contributed by atoms with Crippen LogP contribution in [0.3, 0.4) is 0 Å². The maximum atomic E-state index is 8.87. The Hall–Kier alpha value is -1.59. The molecule has 6 nitrogen and oxygen atoms in total. The number of oxime groups is 1. The largest absolute Gasteiger partial charge is 0.409 e. The first kappa shape index (κ1) is 8.98. The molecule has 0 saturated carbocycles. The van der Waals surface area contributed by atoms with E-state index in [9.17, 15) is 0 Å². The molecule has 1 fully saturated rings. The van der Waals surface area contributed by atoms with Crippen LogP contribution in [0.25, 0.3) is 0 Å². The first-order valence-corrected chi connectivity index (χ1v) is 4.65. The van der Waals surface area contributed by atoms with Gasteiger partial charge in [-0.3, -0.25) is 0 Å². The average Bonchev–Trinajstić information content (AvgIpc) is 2.74. The molecular formula is C8H12N4O2. The van der Waals surface area contributed by atoms with Crippen LogP contribution in [0.2, 0.25) is 0 Å². The van der Waals surface area contributed by atoms with E-state index in [4.69, 9.17) is 5.21 Å². The zero-order chi connectivity index (χ0) is 9.80. The molecule has 0 amide bonds. The number of aromatic nitrogens is 2. The maximum absolute atomic E-state index is 8.87. The van der Waals surface area contributed by atoms with Gasteiger partial charge in [-0.15, -0.1) is 0 Å². The molecule has 2 rings (SSSR count). The quantitative estimate of drug-likeness (QED) is 0.309. The number of nitrogens with zero attached hydrogens (tertiary/aromatic N) is 4. The van der Waals surface area contributed by atoms with E-state index in [1.807, 2.05) is 4.90 Å². The number of hydrogen-bond acceptors (Lipinski definition) is 5. The van der Waals surface area contributed by atoms with Crippen molar-refractivity contribution in [2.75, 3.05) is 13.1 Å². The third-order valence-corrected chi connectivity index (χ3v) is 2.31. The van der Waals surface area contributed by atoms with Gasteiger partial charge in [0.15, 0.2) is 0 Å².